The van der Waals surface area contributed by atoms with Gasteiger partial charge in [-0.25, -0.2) is 4.79 Å². The van der Waals surface area contributed by atoms with E-state index in [1.165, 1.54) is 7.11 Å². The molecule has 1 atom stereocenters. The highest BCUT2D eigenvalue weighted by Gasteiger charge is 2.14. The Kier molecular flexibility index (Phi) is 5.69. The lowest BCUT2D eigenvalue weighted by Gasteiger charge is -2.13. The van der Waals surface area contributed by atoms with Gasteiger partial charge in [0.25, 0.3) is 0 Å². The third kappa shape index (κ3) is 4.39. The molecule has 2 aromatic carbocycles. The molecule has 2 rings (SSSR count). The molecular weight excluding hydrogens is 323 g/mol. The minimum Gasteiger partial charge on any atom is -0.479 e. The second-order valence-corrected chi connectivity index (χ2v) is 5.68. The van der Waals surface area contributed by atoms with Crippen molar-refractivity contribution in [3.05, 3.63) is 63.6 Å². The second kappa shape index (κ2) is 7.52. The smallest absolute Gasteiger partial charge is 0.346 e. The zero-order valence-corrected chi connectivity index (χ0v) is 13.8. The Labute approximate surface area is 139 Å². The van der Waals surface area contributed by atoms with Crippen molar-refractivity contribution in [2.45, 2.75) is 19.4 Å². The van der Waals surface area contributed by atoms with Crippen LogP contribution in [0.4, 0.5) is 0 Å². The van der Waals surface area contributed by atoms with Crippen LogP contribution in [0.5, 0.6) is 5.75 Å². The maximum Gasteiger partial charge on any atom is 0.346 e. The quantitative estimate of drug-likeness (QED) is 0.751. The van der Waals surface area contributed by atoms with Crippen molar-refractivity contribution in [2.24, 2.45) is 0 Å². The Morgan fingerprint density at radius 3 is 2.41 bits per heavy atom. The van der Waals surface area contributed by atoms with E-state index >= 15 is 0 Å². The van der Waals surface area contributed by atoms with E-state index in [1.54, 1.807) is 13.0 Å². The number of benzene rings is 2. The first kappa shape index (κ1) is 16.7. The summed E-state index contributed by atoms with van der Waals surface area (Å²) in [6.07, 6.45) is 0.0598. The fraction of sp³-hybridized carbons (Fsp3) is 0.235. The number of hydrogen-bond donors (Lipinski definition) is 0. The van der Waals surface area contributed by atoms with Crippen LogP contribution in [-0.4, -0.2) is 19.2 Å². The van der Waals surface area contributed by atoms with Crippen LogP contribution < -0.4 is 4.74 Å². The minimum atomic E-state index is -0.637. The van der Waals surface area contributed by atoms with Gasteiger partial charge >= 0.3 is 5.97 Å². The van der Waals surface area contributed by atoms with Crippen LogP contribution in [0.15, 0.2) is 42.5 Å². The molecule has 0 aromatic heterocycles. The van der Waals surface area contributed by atoms with Gasteiger partial charge in [-0.2, -0.15) is 0 Å². The van der Waals surface area contributed by atoms with Gasteiger partial charge < -0.3 is 9.47 Å². The summed E-state index contributed by atoms with van der Waals surface area (Å²) in [5.74, 6) is 0.209. The largest absolute Gasteiger partial charge is 0.479 e. The fourth-order valence-corrected chi connectivity index (χ4v) is 2.46. The number of methoxy groups -OCH3 is 1. The molecule has 0 aliphatic rings. The van der Waals surface area contributed by atoms with Crippen LogP contribution in [0.2, 0.25) is 10.0 Å². The first-order valence-corrected chi connectivity index (χ1v) is 7.52. The summed E-state index contributed by atoms with van der Waals surface area (Å²) in [4.78, 5) is 11.3. The number of halogens is 2. The fourth-order valence-electron chi connectivity index (χ4n) is 1.99. The van der Waals surface area contributed by atoms with Gasteiger partial charge in [-0.05, 0) is 48.7 Å². The van der Waals surface area contributed by atoms with Crippen LogP contribution in [0, 0.1) is 0 Å². The van der Waals surface area contributed by atoms with E-state index in [0.717, 1.165) is 11.1 Å². The molecule has 22 heavy (non-hydrogen) atoms. The van der Waals surface area contributed by atoms with Crippen molar-refractivity contribution in [2.75, 3.05) is 7.11 Å². The molecule has 0 aliphatic carbocycles. The van der Waals surface area contributed by atoms with Crippen molar-refractivity contribution < 1.29 is 14.3 Å². The summed E-state index contributed by atoms with van der Waals surface area (Å²) in [6, 6.07) is 13.0. The Bertz CT molecular complexity index is 653. The van der Waals surface area contributed by atoms with E-state index in [0.29, 0.717) is 22.2 Å². The molecule has 0 bridgehead atoms. The predicted octanol–water partition coefficient (Wildman–Crippen LogP) is 4.52. The summed E-state index contributed by atoms with van der Waals surface area (Å²) in [7, 11) is 1.33. The first-order valence-electron chi connectivity index (χ1n) is 6.77. The van der Waals surface area contributed by atoms with E-state index in [1.807, 2.05) is 36.4 Å². The third-order valence-electron chi connectivity index (χ3n) is 3.18. The molecule has 1 unspecified atom stereocenters. The number of carbonyl (C=O) groups is 1. The minimum absolute atomic E-state index is 0.406. The van der Waals surface area contributed by atoms with E-state index in [9.17, 15) is 4.79 Å². The number of hydrogen-bond acceptors (Lipinski definition) is 3. The topological polar surface area (TPSA) is 35.5 Å². The van der Waals surface area contributed by atoms with Crippen molar-refractivity contribution in [1.82, 2.24) is 0 Å². The first-order chi connectivity index (χ1) is 10.5. The summed E-state index contributed by atoms with van der Waals surface area (Å²) < 4.78 is 10.1. The predicted molar refractivity (Wildman–Crippen MR) is 87.8 cm³/mol. The van der Waals surface area contributed by atoms with Gasteiger partial charge in [0.05, 0.1) is 7.11 Å². The Hall–Kier alpha value is -1.71. The Morgan fingerprint density at radius 2 is 1.82 bits per heavy atom. The molecule has 116 valence electrons. The molecule has 0 fully saturated rings. The Morgan fingerprint density at radius 1 is 1.14 bits per heavy atom. The number of esters is 1. The lowest BCUT2D eigenvalue weighted by molar-refractivity contribution is -0.147. The molecule has 0 amide bonds. The highest BCUT2D eigenvalue weighted by Crippen LogP contribution is 2.24. The second-order valence-electron chi connectivity index (χ2n) is 4.84. The summed E-state index contributed by atoms with van der Waals surface area (Å²) >= 11 is 12.1. The molecule has 0 aliphatic heterocycles. The van der Waals surface area contributed by atoms with E-state index in [2.05, 4.69) is 4.74 Å². The van der Waals surface area contributed by atoms with Crippen LogP contribution in [0.3, 0.4) is 0 Å². The lowest BCUT2D eigenvalue weighted by Crippen LogP contribution is -2.24. The van der Waals surface area contributed by atoms with Crippen molar-refractivity contribution in [1.29, 1.82) is 0 Å². The number of carbonyl (C=O) groups excluding carboxylic acids is 1. The summed E-state index contributed by atoms with van der Waals surface area (Å²) in [6.45, 7) is 1.65. The maximum atomic E-state index is 11.3. The van der Waals surface area contributed by atoms with Gasteiger partial charge in [-0.1, -0.05) is 41.4 Å². The zero-order chi connectivity index (χ0) is 16.1. The molecule has 0 saturated heterocycles. The molecule has 0 heterocycles. The molecule has 2 aromatic rings. The zero-order valence-electron chi connectivity index (χ0n) is 12.3. The van der Waals surface area contributed by atoms with Gasteiger partial charge in [0, 0.05) is 10.0 Å². The molecule has 0 radical (unpaired) electrons. The number of rotatable bonds is 5. The Balaban J connectivity index is 2.04. The normalized spacial score (nSPS) is 11.8. The van der Waals surface area contributed by atoms with Gasteiger partial charge in [0.15, 0.2) is 6.10 Å². The molecule has 0 spiro atoms. The molecule has 0 saturated carbocycles. The van der Waals surface area contributed by atoms with Gasteiger partial charge in [-0.3, -0.25) is 0 Å². The maximum absolute atomic E-state index is 11.3. The van der Waals surface area contributed by atoms with Crippen LogP contribution >= 0.6 is 23.2 Å². The summed E-state index contributed by atoms with van der Waals surface area (Å²) in [5, 5.41) is 1.27. The number of ether oxygens (including phenoxy) is 2. The van der Waals surface area contributed by atoms with Crippen LogP contribution in [0.25, 0.3) is 0 Å². The highest BCUT2D eigenvalue weighted by molar-refractivity contribution is 6.35. The van der Waals surface area contributed by atoms with Crippen LogP contribution in [-0.2, 0) is 16.0 Å². The SMILES string of the molecule is COC(=O)C(C)Oc1ccc(Cc2ccc(Cl)cc2Cl)cc1. The molecule has 5 heteroatoms. The standard InChI is InChI=1S/C17H16Cl2O3/c1-11(17(20)21-2)22-15-7-3-12(4-8-15)9-13-5-6-14(18)10-16(13)19/h3-8,10-11H,9H2,1-2H3. The van der Waals surface area contributed by atoms with Crippen molar-refractivity contribution in [3.63, 3.8) is 0 Å². The monoisotopic (exact) mass is 338 g/mol. The summed E-state index contributed by atoms with van der Waals surface area (Å²) in [5.41, 5.74) is 2.09. The highest BCUT2D eigenvalue weighted by atomic mass is 35.5. The van der Waals surface area contributed by atoms with E-state index < -0.39 is 12.1 Å². The van der Waals surface area contributed by atoms with Gasteiger partial charge in [0.1, 0.15) is 5.75 Å². The lowest BCUT2D eigenvalue weighted by atomic mass is 10.0. The molecular formula is C17H16Cl2O3. The average Bonchev–Trinajstić information content (AvgIpc) is 2.51. The van der Waals surface area contributed by atoms with E-state index in [4.69, 9.17) is 27.9 Å². The third-order valence-corrected chi connectivity index (χ3v) is 3.77. The van der Waals surface area contributed by atoms with Crippen molar-refractivity contribution in [3.8, 4) is 5.75 Å². The van der Waals surface area contributed by atoms with E-state index in [-0.39, 0.29) is 0 Å². The van der Waals surface area contributed by atoms with Gasteiger partial charge in [0.2, 0.25) is 0 Å². The van der Waals surface area contributed by atoms with Gasteiger partial charge in [-0.15, -0.1) is 0 Å². The average molecular weight is 339 g/mol. The van der Waals surface area contributed by atoms with Crippen LogP contribution in [0.1, 0.15) is 18.1 Å². The van der Waals surface area contributed by atoms with Crippen molar-refractivity contribution >= 4 is 29.2 Å². The molecule has 3 nitrogen and oxygen atoms in total. The molecule has 0 N–H and O–H groups in total.